The first kappa shape index (κ1) is 22.3. The van der Waals surface area contributed by atoms with Crippen molar-refractivity contribution in [3.05, 3.63) is 89.1 Å². The van der Waals surface area contributed by atoms with Gasteiger partial charge in [0.15, 0.2) is 0 Å². The van der Waals surface area contributed by atoms with Crippen molar-refractivity contribution in [2.24, 2.45) is 5.92 Å². The van der Waals surface area contributed by atoms with Crippen molar-refractivity contribution in [2.45, 2.75) is 26.8 Å². The molecular weight excluding hydrogens is 425 g/mol. The lowest BCUT2D eigenvalue weighted by atomic mass is 9.99. The Balaban J connectivity index is 1.79. The lowest BCUT2D eigenvalue weighted by Gasteiger charge is -2.23. The maximum Gasteiger partial charge on any atom is 0.300 e. The Morgan fingerprint density at radius 2 is 1.73 bits per heavy atom. The molecule has 1 aromatic heterocycles. The summed E-state index contributed by atoms with van der Waals surface area (Å²) in [5.74, 6) is -0.596. The second-order valence-corrected chi connectivity index (χ2v) is 8.32. The molecule has 1 saturated heterocycles. The zero-order valence-electron chi connectivity index (χ0n) is 18.5. The first-order valence-electron chi connectivity index (χ1n) is 10.6. The number of halogens is 1. The standard InChI is InChI=1S/C26H24FNO5/c1-15(2)14-32-20-11-5-17(6-12-20)24(29)22-23(21-13-4-16(3)33-21)28(26(31)25(22)30)19-9-7-18(27)8-10-19/h4-13,15,23,29H,14H2,1-3H3/b24-22-. The summed E-state index contributed by atoms with van der Waals surface area (Å²) in [7, 11) is 0. The monoisotopic (exact) mass is 449 g/mol. The highest BCUT2D eigenvalue weighted by atomic mass is 19.1. The molecular formula is C26H24FNO5. The van der Waals surface area contributed by atoms with Gasteiger partial charge in [-0.05, 0) is 73.5 Å². The zero-order valence-corrected chi connectivity index (χ0v) is 18.5. The van der Waals surface area contributed by atoms with Crippen molar-refractivity contribution in [1.29, 1.82) is 0 Å². The summed E-state index contributed by atoms with van der Waals surface area (Å²) in [4.78, 5) is 27.3. The van der Waals surface area contributed by atoms with Crippen molar-refractivity contribution >= 4 is 23.1 Å². The van der Waals surface area contributed by atoms with Gasteiger partial charge < -0.3 is 14.3 Å². The van der Waals surface area contributed by atoms with Crippen molar-refractivity contribution in [3.8, 4) is 5.75 Å². The fourth-order valence-corrected chi connectivity index (χ4v) is 3.70. The summed E-state index contributed by atoms with van der Waals surface area (Å²) in [6.45, 7) is 6.36. The van der Waals surface area contributed by atoms with E-state index >= 15 is 0 Å². The van der Waals surface area contributed by atoms with Crippen molar-refractivity contribution < 1.29 is 28.2 Å². The average molecular weight is 449 g/mol. The number of Topliss-reactive ketones (excluding diaryl/α,β-unsaturated/α-hetero) is 1. The molecule has 4 rings (SSSR count). The van der Waals surface area contributed by atoms with Gasteiger partial charge in [-0.1, -0.05) is 13.8 Å². The number of benzene rings is 2. The lowest BCUT2D eigenvalue weighted by molar-refractivity contribution is -0.132. The molecule has 2 heterocycles. The second-order valence-electron chi connectivity index (χ2n) is 8.32. The van der Waals surface area contributed by atoms with Crippen molar-refractivity contribution in [2.75, 3.05) is 11.5 Å². The number of hydrogen-bond donors (Lipinski definition) is 1. The third kappa shape index (κ3) is 4.39. The Morgan fingerprint density at radius 3 is 2.30 bits per heavy atom. The minimum Gasteiger partial charge on any atom is -0.507 e. The van der Waals surface area contributed by atoms with E-state index < -0.39 is 23.5 Å². The molecule has 1 fully saturated rings. The number of carbonyl (C=O) groups excluding carboxylic acids is 2. The molecule has 1 unspecified atom stereocenters. The van der Waals surface area contributed by atoms with Gasteiger partial charge in [0.1, 0.15) is 34.9 Å². The van der Waals surface area contributed by atoms with E-state index in [9.17, 15) is 19.1 Å². The van der Waals surface area contributed by atoms with Crippen LogP contribution in [-0.4, -0.2) is 23.4 Å². The second kappa shape index (κ2) is 8.94. The molecule has 1 atom stereocenters. The van der Waals surface area contributed by atoms with Gasteiger partial charge in [0.2, 0.25) is 0 Å². The average Bonchev–Trinajstić information content (AvgIpc) is 3.34. The van der Waals surface area contributed by atoms with Gasteiger partial charge in [0, 0.05) is 11.3 Å². The van der Waals surface area contributed by atoms with E-state index in [4.69, 9.17) is 9.15 Å². The summed E-state index contributed by atoms with van der Waals surface area (Å²) >= 11 is 0. The molecule has 170 valence electrons. The zero-order chi connectivity index (χ0) is 23.7. The maximum atomic E-state index is 13.5. The van der Waals surface area contributed by atoms with E-state index in [0.717, 1.165) is 0 Å². The summed E-state index contributed by atoms with van der Waals surface area (Å²) in [5, 5.41) is 11.1. The Hall–Kier alpha value is -3.87. The van der Waals surface area contributed by atoms with E-state index in [-0.39, 0.29) is 11.3 Å². The number of amides is 1. The number of nitrogens with zero attached hydrogens (tertiary/aromatic N) is 1. The molecule has 1 aliphatic rings. The number of hydrogen-bond acceptors (Lipinski definition) is 5. The third-order valence-electron chi connectivity index (χ3n) is 5.29. The molecule has 7 heteroatoms. The Kier molecular flexibility index (Phi) is 6.05. The van der Waals surface area contributed by atoms with Crippen molar-refractivity contribution in [3.63, 3.8) is 0 Å². The fraction of sp³-hybridized carbons (Fsp3) is 0.231. The minimum absolute atomic E-state index is 0.102. The van der Waals surface area contributed by atoms with E-state index in [1.165, 1.54) is 29.2 Å². The van der Waals surface area contributed by atoms with Gasteiger partial charge in [0.05, 0.1) is 12.2 Å². The van der Waals surface area contributed by atoms with Crippen LogP contribution in [0.5, 0.6) is 5.75 Å². The SMILES string of the molecule is Cc1ccc(C2/C(=C(/O)c3ccc(OCC(C)C)cc3)C(=O)C(=O)N2c2ccc(F)cc2)o1. The first-order chi connectivity index (χ1) is 15.8. The van der Waals surface area contributed by atoms with Crippen LogP contribution < -0.4 is 9.64 Å². The van der Waals surface area contributed by atoms with Crippen LogP contribution in [0.1, 0.15) is 37.0 Å². The minimum atomic E-state index is -0.999. The Labute approximate surface area is 190 Å². The summed E-state index contributed by atoms with van der Waals surface area (Å²) in [5.41, 5.74) is 0.570. The number of anilines is 1. The number of ketones is 1. The topological polar surface area (TPSA) is 80.0 Å². The molecule has 0 spiro atoms. The number of rotatable bonds is 6. The van der Waals surface area contributed by atoms with Crippen LogP contribution in [0.2, 0.25) is 0 Å². The molecule has 0 aliphatic carbocycles. The van der Waals surface area contributed by atoms with E-state index in [0.29, 0.717) is 41.0 Å². The number of aliphatic hydroxyl groups is 1. The first-order valence-corrected chi connectivity index (χ1v) is 10.6. The fourth-order valence-electron chi connectivity index (χ4n) is 3.70. The van der Waals surface area contributed by atoms with E-state index in [1.54, 1.807) is 43.3 Å². The molecule has 6 nitrogen and oxygen atoms in total. The van der Waals surface area contributed by atoms with E-state index in [2.05, 4.69) is 0 Å². The number of carbonyl (C=O) groups is 2. The molecule has 3 aromatic rings. The van der Waals surface area contributed by atoms with Crippen LogP contribution in [0.3, 0.4) is 0 Å². The van der Waals surface area contributed by atoms with Crippen LogP contribution in [-0.2, 0) is 9.59 Å². The highest BCUT2D eigenvalue weighted by molar-refractivity contribution is 6.51. The summed E-state index contributed by atoms with van der Waals surface area (Å²) in [6.07, 6.45) is 0. The molecule has 0 bridgehead atoms. The molecule has 0 radical (unpaired) electrons. The highest BCUT2D eigenvalue weighted by Gasteiger charge is 2.48. The van der Waals surface area contributed by atoms with Crippen LogP contribution in [0.4, 0.5) is 10.1 Å². The third-order valence-corrected chi connectivity index (χ3v) is 5.29. The Morgan fingerprint density at radius 1 is 1.06 bits per heavy atom. The van der Waals surface area contributed by atoms with Gasteiger partial charge in [0.25, 0.3) is 11.7 Å². The van der Waals surface area contributed by atoms with Gasteiger partial charge in [-0.15, -0.1) is 0 Å². The maximum absolute atomic E-state index is 13.5. The van der Waals surface area contributed by atoms with Crippen LogP contribution in [0.25, 0.3) is 5.76 Å². The van der Waals surface area contributed by atoms with Gasteiger partial charge in [-0.3, -0.25) is 14.5 Å². The normalized spacial score (nSPS) is 17.7. The lowest BCUT2D eigenvalue weighted by Crippen LogP contribution is -2.29. The molecule has 1 amide bonds. The number of aliphatic hydroxyl groups excluding tert-OH is 1. The molecule has 33 heavy (non-hydrogen) atoms. The summed E-state index contributed by atoms with van der Waals surface area (Å²) < 4.78 is 24.9. The van der Waals surface area contributed by atoms with E-state index in [1.807, 2.05) is 13.8 Å². The van der Waals surface area contributed by atoms with Crippen LogP contribution >= 0.6 is 0 Å². The highest BCUT2D eigenvalue weighted by Crippen LogP contribution is 2.42. The van der Waals surface area contributed by atoms with Crippen molar-refractivity contribution in [1.82, 2.24) is 0 Å². The molecule has 2 aromatic carbocycles. The summed E-state index contributed by atoms with van der Waals surface area (Å²) in [6, 6.07) is 14.2. The number of aryl methyl sites for hydroxylation is 1. The largest absolute Gasteiger partial charge is 0.507 e. The van der Waals surface area contributed by atoms with Gasteiger partial charge in [-0.25, -0.2) is 4.39 Å². The molecule has 1 N–H and O–H groups in total. The predicted molar refractivity (Wildman–Crippen MR) is 121 cm³/mol. The predicted octanol–water partition coefficient (Wildman–Crippen LogP) is 5.39. The van der Waals surface area contributed by atoms with Crippen LogP contribution in [0.15, 0.2) is 70.7 Å². The molecule has 1 aliphatic heterocycles. The van der Waals surface area contributed by atoms with Gasteiger partial charge >= 0.3 is 0 Å². The Bertz CT molecular complexity index is 1210. The van der Waals surface area contributed by atoms with Gasteiger partial charge in [-0.2, -0.15) is 0 Å². The number of furan rings is 1. The quantitative estimate of drug-likeness (QED) is 0.310. The molecule has 0 saturated carbocycles. The number of ether oxygens (including phenoxy) is 1. The smallest absolute Gasteiger partial charge is 0.300 e. The van der Waals surface area contributed by atoms with Crippen LogP contribution in [0, 0.1) is 18.7 Å².